The second kappa shape index (κ2) is 7.72. The van der Waals surface area contributed by atoms with Crippen molar-refractivity contribution in [3.8, 4) is 22.6 Å². The van der Waals surface area contributed by atoms with E-state index in [9.17, 15) is 4.39 Å². The van der Waals surface area contributed by atoms with Crippen molar-refractivity contribution in [3.63, 3.8) is 0 Å². The number of benzene rings is 1. The van der Waals surface area contributed by atoms with E-state index in [0.717, 1.165) is 39.8 Å². The number of imidazole rings is 1. The maximum atomic E-state index is 14.0. The van der Waals surface area contributed by atoms with Gasteiger partial charge in [0.1, 0.15) is 18.0 Å². The second-order valence-corrected chi connectivity index (χ2v) is 7.79. The zero-order valence-electron chi connectivity index (χ0n) is 16.1. The van der Waals surface area contributed by atoms with E-state index < -0.39 is 0 Å². The first-order valence-corrected chi connectivity index (χ1v) is 10.4. The third-order valence-corrected chi connectivity index (χ3v) is 5.71. The van der Waals surface area contributed by atoms with Crippen molar-refractivity contribution in [3.05, 3.63) is 84.5 Å². The Kier molecular flexibility index (Phi) is 4.76. The van der Waals surface area contributed by atoms with Crippen LogP contribution in [0.25, 0.3) is 28.3 Å². The largest absolute Gasteiger partial charge is 0.339 e. The van der Waals surface area contributed by atoms with Gasteiger partial charge in [0.2, 0.25) is 0 Å². The second-order valence-electron chi connectivity index (χ2n) is 6.77. The molecule has 0 saturated heterocycles. The average molecular weight is 416 g/mol. The fourth-order valence-corrected chi connectivity index (χ4v) is 4.04. The zero-order valence-corrected chi connectivity index (χ0v) is 16.9. The number of aromatic amines is 1. The van der Waals surface area contributed by atoms with Gasteiger partial charge < -0.3 is 4.98 Å². The minimum absolute atomic E-state index is 0.230. The van der Waals surface area contributed by atoms with Crippen LogP contribution in [-0.4, -0.2) is 29.5 Å². The summed E-state index contributed by atoms with van der Waals surface area (Å²) < 4.78 is 15.7. The summed E-state index contributed by atoms with van der Waals surface area (Å²) in [5, 5.41) is 4.22. The first kappa shape index (κ1) is 18.5. The van der Waals surface area contributed by atoms with Crippen LogP contribution < -0.4 is 0 Å². The van der Waals surface area contributed by atoms with E-state index in [2.05, 4.69) is 20.1 Å². The van der Waals surface area contributed by atoms with Crippen molar-refractivity contribution >= 4 is 17.4 Å². The molecule has 5 aromatic rings. The molecule has 1 N–H and O–H groups in total. The number of fused-ring (bicyclic) bond motifs is 1. The van der Waals surface area contributed by atoms with Crippen LogP contribution in [0.3, 0.4) is 0 Å². The van der Waals surface area contributed by atoms with E-state index in [1.807, 2.05) is 49.5 Å². The highest BCUT2D eigenvalue weighted by molar-refractivity contribution is 7.98. The summed E-state index contributed by atoms with van der Waals surface area (Å²) >= 11 is 1.40. The van der Waals surface area contributed by atoms with Gasteiger partial charge in [-0.15, -0.1) is 11.8 Å². The Hall–Kier alpha value is -3.52. The molecule has 0 amide bonds. The van der Waals surface area contributed by atoms with Crippen LogP contribution in [0.2, 0.25) is 0 Å². The van der Waals surface area contributed by atoms with Crippen molar-refractivity contribution < 1.29 is 4.39 Å². The molecular weight excluding hydrogens is 399 g/mol. The predicted molar refractivity (Wildman–Crippen MR) is 114 cm³/mol. The van der Waals surface area contributed by atoms with Crippen LogP contribution in [0, 0.1) is 12.7 Å². The van der Waals surface area contributed by atoms with Crippen molar-refractivity contribution in [1.82, 2.24) is 29.5 Å². The lowest BCUT2D eigenvalue weighted by atomic mass is 10.1. The van der Waals surface area contributed by atoms with Crippen LogP contribution in [-0.2, 0) is 5.75 Å². The number of aryl methyl sites for hydroxylation is 1. The summed E-state index contributed by atoms with van der Waals surface area (Å²) in [6.45, 7) is 1.95. The number of halogens is 1. The smallest absolute Gasteiger partial charge is 0.155 e. The molecule has 0 saturated carbocycles. The molecule has 30 heavy (non-hydrogen) atoms. The summed E-state index contributed by atoms with van der Waals surface area (Å²) in [5.74, 6) is 1.02. The molecule has 0 spiro atoms. The minimum atomic E-state index is -0.230. The van der Waals surface area contributed by atoms with Gasteiger partial charge in [-0.3, -0.25) is 4.98 Å². The normalized spacial score (nSPS) is 11.3. The fraction of sp³-hybridized carbons (Fsp3) is 0.0909. The third-order valence-electron chi connectivity index (χ3n) is 4.65. The lowest BCUT2D eigenvalue weighted by Gasteiger charge is -2.04. The van der Waals surface area contributed by atoms with Crippen molar-refractivity contribution in [2.75, 3.05) is 0 Å². The molecule has 4 aromatic heterocycles. The maximum Gasteiger partial charge on any atom is 0.155 e. The molecular formula is C22H17FN6S. The summed E-state index contributed by atoms with van der Waals surface area (Å²) in [6.07, 6.45) is 3.41. The molecule has 0 aliphatic rings. The van der Waals surface area contributed by atoms with Crippen LogP contribution in [0.4, 0.5) is 4.39 Å². The Morgan fingerprint density at radius 3 is 2.80 bits per heavy atom. The number of nitrogens with zero attached hydrogens (tertiary/aromatic N) is 5. The predicted octanol–water partition coefficient (Wildman–Crippen LogP) is 4.92. The van der Waals surface area contributed by atoms with Gasteiger partial charge in [-0.25, -0.2) is 18.9 Å². The van der Waals surface area contributed by atoms with Gasteiger partial charge >= 0.3 is 0 Å². The molecule has 8 heteroatoms. The zero-order chi connectivity index (χ0) is 20.5. The van der Waals surface area contributed by atoms with E-state index in [4.69, 9.17) is 4.98 Å². The summed E-state index contributed by atoms with van der Waals surface area (Å²) in [6, 6.07) is 16.5. The van der Waals surface area contributed by atoms with Gasteiger partial charge in [-0.2, -0.15) is 5.10 Å². The summed E-state index contributed by atoms with van der Waals surface area (Å²) in [7, 11) is 0. The molecule has 0 aliphatic heterocycles. The van der Waals surface area contributed by atoms with E-state index in [1.165, 1.54) is 24.2 Å². The lowest BCUT2D eigenvalue weighted by molar-refractivity contribution is 0.602. The van der Waals surface area contributed by atoms with Crippen molar-refractivity contribution in [1.29, 1.82) is 0 Å². The van der Waals surface area contributed by atoms with Gasteiger partial charge in [0.05, 0.1) is 22.8 Å². The van der Waals surface area contributed by atoms with E-state index in [-0.39, 0.29) is 5.82 Å². The van der Waals surface area contributed by atoms with Gasteiger partial charge in [-0.05, 0) is 43.3 Å². The number of hydrogen-bond acceptors (Lipinski definition) is 5. The molecule has 0 atom stereocenters. The molecule has 5 rings (SSSR count). The first-order valence-electron chi connectivity index (χ1n) is 9.37. The van der Waals surface area contributed by atoms with E-state index in [0.29, 0.717) is 10.6 Å². The number of aromatic nitrogens is 6. The average Bonchev–Trinajstić information content (AvgIpc) is 3.39. The lowest BCUT2D eigenvalue weighted by Crippen LogP contribution is -1.92. The third kappa shape index (κ3) is 3.57. The molecule has 6 nitrogen and oxygen atoms in total. The molecule has 0 radical (unpaired) electrons. The van der Waals surface area contributed by atoms with Gasteiger partial charge in [0, 0.05) is 22.3 Å². The van der Waals surface area contributed by atoms with Gasteiger partial charge in [0.25, 0.3) is 0 Å². The summed E-state index contributed by atoms with van der Waals surface area (Å²) in [5.41, 5.74) is 4.97. The van der Waals surface area contributed by atoms with Crippen LogP contribution >= 0.6 is 11.8 Å². The number of nitrogens with one attached hydrogen (secondary N) is 1. The highest BCUT2D eigenvalue weighted by Gasteiger charge is 2.17. The molecule has 4 heterocycles. The van der Waals surface area contributed by atoms with Crippen LogP contribution in [0.15, 0.2) is 72.0 Å². The maximum absolute atomic E-state index is 14.0. The molecule has 0 fully saturated rings. The molecule has 0 unspecified atom stereocenters. The standard InChI is InChI=1S/C22H17FN6S/c1-14-5-4-7-17(26-14)22-21(15-9-10-20-24-13-25-29(20)11-15)27-19(28-22)12-30-18-8-3-2-6-16(18)23/h2-11,13H,12H2,1H3,(H,27,28). The minimum Gasteiger partial charge on any atom is -0.339 e. The monoisotopic (exact) mass is 416 g/mol. The molecule has 0 aliphatic carbocycles. The number of hydrogen-bond donors (Lipinski definition) is 1. The SMILES string of the molecule is Cc1cccc(-c2[nH]c(CSc3ccccc3F)nc2-c2ccc3ncnn3c2)n1. The number of pyridine rings is 2. The van der Waals surface area contributed by atoms with Gasteiger partial charge in [-0.1, -0.05) is 18.2 Å². The quantitative estimate of drug-likeness (QED) is 0.412. The molecule has 148 valence electrons. The fourth-order valence-electron chi connectivity index (χ4n) is 3.23. The topological polar surface area (TPSA) is 71.8 Å². The number of rotatable bonds is 5. The number of thioether (sulfide) groups is 1. The Balaban J connectivity index is 1.56. The highest BCUT2D eigenvalue weighted by atomic mass is 32.2. The molecule has 0 bridgehead atoms. The Morgan fingerprint density at radius 2 is 1.93 bits per heavy atom. The number of H-pyrrole nitrogens is 1. The van der Waals surface area contributed by atoms with Crippen molar-refractivity contribution in [2.24, 2.45) is 0 Å². The van der Waals surface area contributed by atoms with Crippen molar-refractivity contribution in [2.45, 2.75) is 17.6 Å². The Labute approximate surface area is 176 Å². The van der Waals surface area contributed by atoms with Crippen LogP contribution in [0.1, 0.15) is 11.5 Å². The van der Waals surface area contributed by atoms with E-state index in [1.54, 1.807) is 16.6 Å². The van der Waals surface area contributed by atoms with Crippen LogP contribution in [0.5, 0.6) is 0 Å². The van der Waals surface area contributed by atoms with E-state index >= 15 is 0 Å². The first-order chi connectivity index (χ1) is 14.7. The summed E-state index contributed by atoms with van der Waals surface area (Å²) in [4.78, 5) is 17.7. The Bertz CT molecular complexity index is 1340. The Morgan fingerprint density at radius 1 is 1.03 bits per heavy atom. The van der Waals surface area contributed by atoms with Gasteiger partial charge in [0.15, 0.2) is 5.65 Å². The molecule has 1 aromatic carbocycles. The highest BCUT2D eigenvalue weighted by Crippen LogP contribution is 2.32.